The molecular weight excluding hydrogens is 146 g/mol. The largest absolute Gasteiger partial charge is 0.324 e. The Labute approximate surface area is 74.0 Å². The van der Waals surface area contributed by atoms with Crippen LogP contribution in [0.2, 0.25) is 0 Å². The quantitative estimate of drug-likeness (QED) is 0.588. The maximum atomic E-state index is 6.47. The molecule has 3 aliphatic carbocycles. The first kappa shape index (κ1) is 7.14. The van der Waals surface area contributed by atoms with E-state index >= 15 is 0 Å². The highest BCUT2D eigenvalue weighted by molar-refractivity contribution is 5.52. The third-order valence-corrected chi connectivity index (χ3v) is 4.85. The zero-order chi connectivity index (χ0) is 8.72. The summed E-state index contributed by atoms with van der Waals surface area (Å²) in [6.07, 6.45) is 2.72. The van der Waals surface area contributed by atoms with Gasteiger partial charge in [-0.15, -0.1) is 0 Å². The zero-order valence-corrected chi connectivity index (χ0v) is 8.15. The highest BCUT2D eigenvalue weighted by atomic mass is 15.0. The van der Waals surface area contributed by atoms with E-state index < -0.39 is 0 Å². The third kappa shape index (κ3) is 0.466. The Morgan fingerprint density at radius 2 is 1.58 bits per heavy atom. The zero-order valence-electron chi connectivity index (χ0n) is 8.15. The molecule has 0 spiro atoms. The van der Waals surface area contributed by atoms with Crippen molar-refractivity contribution in [3.8, 4) is 0 Å². The van der Waals surface area contributed by atoms with Crippen LogP contribution in [0.5, 0.6) is 0 Å². The molecule has 0 aliphatic heterocycles. The number of fused-ring (bicyclic) bond motifs is 1. The van der Waals surface area contributed by atoms with E-state index in [0.717, 1.165) is 11.8 Å². The maximum Gasteiger partial charge on any atom is 0.0354 e. The fourth-order valence-corrected chi connectivity index (χ4v) is 3.39. The van der Waals surface area contributed by atoms with Gasteiger partial charge in [-0.05, 0) is 32.1 Å². The number of hydrogen-bond acceptors (Lipinski definition) is 1. The second-order valence-electron chi connectivity index (χ2n) is 5.32. The number of hydrogen-bond donors (Lipinski definition) is 1. The van der Waals surface area contributed by atoms with Gasteiger partial charge in [0.25, 0.3) is 0 Å². The summed E-state index contributed by atoms with van der Waals surface area (Å²) in [6, 6.07) is 0. The van der Waals surface area contributed by atoms with E-state index in [1.807, 2.05) is 0 Å². The SMILES string of the molecule is CC1=C(C)C2C1C2(N)C1(C)CC1. The van der Waals surface area contributed by atoms with Crippen LogP contribution in [0.4, 0.5) is 0 Å². The lowest BCUT2D eigenvalue weighted by molar-refractivity contribution is 0.391. The average Bonchev–Trinajstić information content (AvgIpc) is 2.87. The molecule has 2 unspecified atom stereocenters. The van der Waals surface area contributed by atoms with E-state index in [1.165, 1.54) is 12.8 Å². The molecular formula is C11H17N. The summed E-state index contributed by atoms with van der Waals surface area (Å²) in [5.74, 6) is 1.54. The lowest BCUT2D eigenvalue weighted by Crippen LogP contribution is -2.35. The van der Waals surface area contributed by atoms with E-state index in [4.69, 9.17) is 5.73 Å². The van der Waals surface area contributed by atoms with Crippen molar-refractivity contribution in [3.05, 3.63) is 11.1 Å². The normalized spacial score (nSPS) is 53.0. The summed E-state index contributed by atoms with van der Waals surface area (Å²) in [5, 5.41) is 0. The van der Waals surface area contributed by atoms with Gasteiger partial charge in [0.2, 0.25) is 0 Å². The van der Waals surface area contributed by atoms with Gasteiger partial charge in [-0.3, -0.25) is 0 Å². The fourth-order valence-electron chi connectivity index (χ4n) is 3.39. The van der Waals surface area contributed by atoms with E-state index in [2.05, 4.69) is 20.8 Å². The van der Waals surface area contributed by atoms with Gasteiger partial charge in [0.05, 0.1) is 0 Å². The predicted molar refractivity (Wildman–Crippen MR) is 49.6 cm³/mol. The van der Waals surface area contributed by atoms with Crippen LogP contribution >= 0.6 is 0 Å². The van der Waals surface area contributed by atoms with Gasteiger partial charge in [0, 0.05) is 17.4 Å². The first-order valence-corrected chi connectivity index (χ1v) is 4.98. The van der Waals surface area contributed by atoms with E-state index in [1.54, 1.807) is 11.1 Å². The monoisotopic (exact) mass is 163 g/mol. The minimum absolute atomic E-state index is 0.196. The maximum absolute atomic E-state index is 6.47. The molecule has 0 saturated heterocycles. The molecule has 3 aliphatic rings. The van der Waals surface area contributed by atoms with Gasteiger partial charge < -0.3 is 5.73 Å². The minimum atomic E-state index is 0.196. The summed E-state index contributed by atoms with van der Waals surface area (Å²) in [7, 11) is 0. The second kappa shape index (κ2) is 1.52. The molecule has 0 aromatic heterocycles. The van der Waals surface area contributed by atoms with Gasteiger partial charge in [0.1, 0.15) is 0 Å². The molecule has 0 bridgehead atoms. The van der Waals surface area contributed by atoms with Gasteiger partial charge in [-0.2, -0.15) is 0 Å². The minimum Gasteiger partial charge on any atom is -0.324 e. The topological polar surface area (TPSA) is 26.0 Å². The van der Waals surface area contributed by atoms with Crippen LogP contribution in [-0.2, 0) is 0 Å². The van der Waals surface area contributed by atoms with Crippen molar-refractivity contribution in [2.75, 3.05) is 0 Å². The van der Waals surface area contributed by atoms with Crippen LogP contribution in [0.25, 0.3) is 0 Å². The second-order valence-corrected chi connectivity index (χ2v) is 5.32. The fraction of sp³-hybridized carbons (Fsp3) is 0.818. The van der Waals surface area contributed by atoms with Crippen molar-refractivity contribution >= 4 is 0 Å². The van der Waals surface area contributed by atoms with Crippen LogP contribution < -0.4 is 5.73 Å². The predicted octanol–water partition coefficient (Wildman–Crippen LogP) is 2.08. The summed E-state index contributed by atoms with van der Waals surface area (Å²) in [6.45, 7) is 6.89. The van der Waals surface area contributed by atoms with E-state index in [-0.39, 0.29) is 5.54 Å². The highest BCUT2D eigenvalue weighted by Crippen LogP contribution is 2.77. The van der Waals surface area contributed by atoms with Crippen molar-refractivity contribution in [1.82, 2.24) is 0 Å². The van der Waals surface area contributed by atoms with Crippen molar-refractivity contribution in [2.24, 2.45) is 23.0 Å². The van der Waals surface area contributed by atoms with Gasteiger partial charge >= 0.3 is 0 Å². The molecule has 66 valence electrons. The number of rotatable bonds is 1. The summed E-state index contributed by atoms with van der Waals surface area (Å²) >= 11 is 0. The average molecular weight is 163 g/mol. The van der Waals surface area contributed by atoms with Crippen LogP contribution in [0.15, 0.2) is 11.1 Å². The lowest BCUT2D eigenvalue weighted by Gasteiger charge is -2.18. The molecule has 1 heteroatoms. The van der Waals surface area contributed by atoms with Crippen molar-refractivity contribution < 1.29 is 0 Å². The van der Waals surface area contributed by atoms with Crippen LogP contribution in [0.1, 0.15) is 33.6 Å². The van der Waals surface area contributed by atoms with Gasteiger partial charge in [-0.25, -0.2) is 0 Å². The molecule has 2 N–H and O–H groups in total. The van der Waals surface area contributed by atoms with Crippen LogP contribution in [0, 0.1) is 17.3 Å². The molecule has 2 saturated carbocycles. The highest BCUT2D eigenvalue weighted by Gasteiger charge is 2.78. The van der Waals surface area contributed by atoms with Crippen molar-refractivity contribution in [2.45, 2.75) is 39.2 Å². The smallest absolute Gasteiger partial charge is 0.0354 e. The molecule has 0 aromatic carbocycles. The molecule has 1 nitrogen and oxygen atoms in total. The molecule has 12 heavy (non-hydrogen) atoms. The molecule has 3 rings (SSSR count). The van der Waals surface area contributed by atoms with Crippen molar-refractivity contribution in [1.29, 1.82) is 0 Å². The molecule has 0 aromatic rings. The first-order chi connectivity index (χ1) is 5.52. The Kier molecular flexibility index (Phi) is 0.907. The third-order valence-electron chi connectivity index (χ3n) is 4.85. The Morgan fingerprint density at radius 3 is 1.92 bits per heavy atom. The lowest BCUT2D eigenvalue weighted by atomic mass is 9.92. The molecule has 0 radical (unpaired) electrons. The Bertz CT molecular complexity index is 278. The van der Waals surface area contributed by atoms with Crippen LogP contribution in [0.3, 0.4) is 0 Å². The summed E-state index contributed by atoms with van der Waals surface area (Å²) in [5.41, 5.74) is 10.4. The first-order valence-electron chi connectivity index (χ1n) is 4.98. The van der Waals surface area contributed by atoms with E-state index in [0.29, 0.717) is 5.41 Å². The summed E-state index contributed by atoms with van der Waals surface area (Å²) < 4.78 is 0. The molecule has 2 fully saturated rings. The molecule has 2 atom stereocenters. The van der Waals surface area contributed by atoms with Gasteiger partial charge in [0.15, 0.2) is 0 Å². The number of nitrogens with two attached hydrogens (primary N) is 1. The van der Waals surface area contributed by atoms with Gasteiger partial charge in [-0.1, -0.05) is 18.1 Å². The molecule has 0 amide bonds. The Hall–Kier alpha value is -0.300. The van der Waals surface area contributed by atoms with E-state index in [9.17, 15) is 0 Å². The van der Waals surface area contributed by atoms with Crippen molar-refractivity contribution in [3.63, 3.8) is 0 Å². The summed E-state index contributed by atoms with van der Waals surface area (Å²) in [4.78, 5) is 0. The Balaban J connectivity index is 1.94. The Morgan fingerprint density at radius 1 is 1.17 bits per heavy atom. The standard InChI is InChI=1S/C11H17N/c1-6-7(2)9-8(6)11(9,12)10(3)4-5-10/h8-9H,4-5,12H2,1-3H3. The van der Waals surface area contributed by atoms with Crippen LogP contribution in [-0.4, -0.2) is 5.54 Å². The molecule has 0 heterocycles.